The number of hydrogen-bond donors (Lipinski definition) is 2. The number of aromatic nitrogens is 8. The summed E-state index contributed by atoms with van der Waals surface area (Å²) in [6, 6.07) is 15.0. The zero-order valence-corrected chi connectivity index (χ0v) is 36.0. The maximum Gasteiger partial charge on any atom is 0.166 e. The van der Waals surface area contributed by atoms with Crippen molar-refractivity contribution in [3.63, 3.8) is 0 Å². The number of methoxy groups -OCH3 is 1. The van der Waals surface area contributed by atoms with Crippen LogP contribution in [0.4, 0.5) is 11.6 Å². The van der Waals surface area contributed by atoms with Crippen molar-refractivity contribution in [1.29, 1.82) is 0 Å². The summed E-state index contributed by atoms with van der Waals surface area (Å²) < 4.78 is 16.0. The van der Waals surface area contributed by atoms with Crippen LogP contribution in [0.2, 0.25) is 5.02 Å². The first-order valence-corrected chi connectivity index (χ1v) is 22.2. The van der Waals surface area contributed by atoms with E-state index in [-0.39, 0.29) is 17.9 Å². The maximum absolute atomic E-state index is 6.34. The lowest BCUT2D eigenvalue weighted by Gasteiger charge is -2.19. The van der Waals surface area contributed by atoms with E-state index in [1.54, 1.807) is 7.11 Å². The summed E-state index contributed by atoms with van der Waals surface area (Å²) in [7, 11) is 1.70. The van der Waals surface area contributed by atoms with E-state index < -0.39 is 0 Å². The van der Waals surface area contributed by atoms with Crippen molar-refractivity contribution in [3.8, 4) is 34.5 Å². The molecular formula is C46H59ClN10O2. The second-order valence-electron chi connectivity index (χ2n) is 17.1. The largest absolute Gasteiger partial charge is 0.493 e. The molecule has 2 aromatic rings. The van der Waals surface area contributed by atoms with Gasteiger partial charge in [0.1, 0.15) is 11.6 Å². The van der Waals surface area contributed by atoms with Gasteiger partial charge < -0.3 is 29.2 Å². The monoisotopic (exact) mass is 818 g/mol. The van der Waals surface area contributed by atoms with Gasteiger partial charge in [0.25, 0.3) is 0 Å². The molecule has 0 bridgehead atoms. The molecule has 312 valence electrons. The Balaban J connectivity index is 0.000000169. The van der Waals surface area contributed by atoms with Crippen LogP contribution in [-0.4, -0.2) is 64.3 Å². The average Bonchev–Trinajstić information content (AvgIpc) is 4.09. The van der Waals surface area contributed by atoms with Gasteiger partial charge in [0.15, 0.2) is 46.2 Å². The molecular weight excluding hydrogens is 760 g/mol. The maximum atomic E-state index is 6.34. The predicted molar refractivity (Wildman–Crippen MR) is 234 cm³/mol. The number of halogens is 1. The van der Waals surface area contributed by atoms with E-state index in [0.717, 1.165) is 86.8 Å². The smallest absolute Gasteiger partial charge is 0.166 e. The lowest BCUT2D eigenvalue weighted by molar-refractivity contribution is 0.200. The van der Waals surface area contributed by atoms with Crippen LogP contribution in [0.1, 0.15) is 139 Å². The van der Waals surface area contributed by atoms with Gasteiger partial charge in [-0.3, -0.25) is 0 Å². The topological polar surface area (TPSA) is 130 Å². The minimum atomic E-state index is 0.262. The van der Waals surface area contributed by atoms with E-state index in [1.165, 1.54) is 64.2 Å². The van der Waals surface area contributed by atoms with Gasteiger partial charge in [-0.1, -0.05) is 89.2 Å². The lowest BCUT2D eigenvalue weighted by Crippen LogP contribution is -2.18. The Hall–Kier alpha value is -4.97. The predicted octanol–water partition coefficient (Wildman–Crippen LogP) is 10.6. The molecule has 2 N–H and O–H groups in total. The summed E-state index contributed by atoms with van der Waals surface area (Å²) in [5, 5.41) is 7.97. The van der Waals surface area contributed by atoms with Gasteiger partial charge in [0, 0.05) is 28.9 Å². The van der Waals surface area contributed by atoms with E-state index in [0.29, 0.717) is 25.2 Å². The zero-order valence-electron chi connectivity index (χ0n) is 35.3. The number of benzene rings is 2. The number of ether oxygens (including phenoxy) is 2. The van der Waals surface area contributed by atoms with Crippen LogP contribution in [0.25, 0.3) is 23.0 Å². The molecule has 9 rings (SSSR count). The van der Waals surface area contributed by atoms with Crippen molar-refractivity contribution in [2.45, 2.75) is 148 Å². The molecule has 13 heteroatoms. The molecule has 0 radical (unpaired) electrons. The second-order valence-corrected chi connectivity index (χ2v) is 17.5. The van der Waals surface area contributed by atoms with Crippen molar-refractivity contribution in [2.75, 3.05) is 17.7 Å². The van der Waals surface area contributed by atoms with Crippen molar-refractivity contribution < 1.29 is 9.47 Å². The van der Waals surface area contributed by atoms with Gasteiger partial charge in [0.2, 0.25) is 0 Å². The van der Waals surface area contributed by atoms with Crippen LogP contribution in [-0.2, 0) is 13.1 Å². The van der Waals surface area contributed by atoms with E-state index in [4.69, 9.17) is 46.0 Å². The van der Waals surface area contributed by atoms with Crippen LogP contribution in [0, 0.1) is 0 Å². The summed E-state index contributed by atoms with van der Waals surface area (Å²) in [4.78, 5) is 28.8. The van der Waals surface area contributed by atoms with Crippen LogP contribution in [0.5, 0.6) is 11.5 Å². The zero-order chi connectivity index (χ0) is 40.9. The number of imidazole rings is 2. The molecule has 3 aliphatic carbocycles. The van der Waals surface area contributed by atoms with E-state index in [2.05, 4.69) is 60.0 Å². The number of anilines is 2. The van der Waals surface area contributed by atoms with E-state index in [9.17, 15) is 0 Å². The minimum Gasteiger partial charge on any atom is -0.493 e. The highest BCUT2D eigenvalue weighted by molar-refractivity contribution is 6.31. The van der Waals surface area contributed by atoms with Crippen molar-refractivity contribution in [2.24, 2.45) is 0 Å². The molecule has 0 atom stereocenters. The fourth-order valence-corrected chi connectivity index (χ4v) is 8.69. The molecule has 0 aromatic heterocycles. The fourth-order valence-electron chi connectivity index (χ4n) is 8.50. The molecule has 7 aliphatic rings. The highest BCUT2D eigenvalue weighted by Gasteiger charge is 2.27. The number of nitrogens with zero attached hydrogens (tertiary/aromatic N) is 8. The molecule has 3 fully saturated rings. The molecule has 0 spiro atoms. The summed E-state index contributed by atoms with van der Waals surface area (Å²) in [6.45, 7) is 9.77. The Morgan fingerprint density at radius 3 is 1.71 bits per heavy atom. The number of nitrogens with one attached hydrogen (secondary N) is 2. The van der Waals surface area contributed by atoms with Crippen LogP contribution in [0.15, 0.2) is 55.1 Å². The van der Waals surface area contributed by atoms with Gasteiger partial charge in [0.05, 0.1) is 39.0 Å². The average molecular weight is 819 g/mol. The fraction of sp³-hybridized carbons (Fsp3) is 0.522. The van der Waals surface area contributed by atoms with E-state index in [1.807, 2.05) is 47.6 Å². The Bertz CT molecular complexity index is 2230. The lowest BCUT2D eigenvalue weighted by atomic mass is 10.2. The summed E-state index contributed by atoms with van der Waals surface area (Å²) in [5.41, 5.74) is 3.90. The summed E-state index contributed by atoms with van der Waals surface area (Å²) >= 11 is 6.34. The van der Waals surface area contributed by atoms with Crippen LogP contribution < -0.4 is 20.1 Å². The first kappa shape index (κ1) is 40.8. The molecule has 0 saturated heterocycles. The van der Waals surface area contributed by atoms with Crippen LogP contribution in [0.3, 0.4) is 0 Å². The SMILES string of the molecule is CC(C)c1nc2c(NC3CCCC3)ncn(Cc3ccccc3Cl)c-2n1.COc1ccc(Cn2cnc(NC3CCCC3)c3nc(C(C)C)nc2-3)cc1OC1CCCC1. The third-order valence-corrected chi connectivity index (χ3v) is 12.2. The highest BCUT2D eigenvalue weighted by atomic mass is 35.5. The Morgan fingerprint density at radius 1 is 0.661 bits per heavy atom. The third kappa shape index (κ3) is 9.59. The first-order chi connectivity index (χ1) is 28.7. The summed E-state index contributed by atoms with van der Waals surface area (Å²) in [6.07, 6.45) is 18.6. The first-order valence-electron chi connectivity index (χ1n) is 21.8. The van der Waals surface area contributed by atoms with Crippen LogP contribution >= 0.6 is 11.6 Å². The number of rotatable bonds is 13. The van der Waals surface area contributed by atoms with Gasteiger partial charge in [-0.05, 0) is 80.7 Å². The molecule has 3 saturated carbocycles. The standard InChI is InChI=1S/C26H35N5O2.C20H24ClN5/c1-17(2)24-29-23-25(28-19-8-4-5-9-19)27-16-31(26(23)30-24)15-18-12-13-21(32-3)22(14-18)33-20-10-6-7-11-20;1-13(2)18-24-17-19(23-15-8-4-5-9-15)22-12-26(20(17)25-18)11-14-7-3-6-10-16(14)21/h12-14,16-17,19-20,28H,4-11,15H2,1-3H3;3,6-7,10,12-13,15,23H,4-5,8-9,11H2,1-2H3. The highest BCUT2D eigenvalue weighted by Crippen LogP contribution is 2.36. The molecule has 0 amide bonds. The Morgan fingerprint density at radius 2 is 1.19 bits per heavy atom. The van der Waals surface area contributed by atoms with Gasteiger partial charge >= 0.3 is 0 Å². The molecule has 0 unspecified atom stereocenters. The van der Waals surface area contributed by atoms with Crippen molar-refractivity contribution >= 4 is 23.2 Å². The molecule has 4 heterocycles. The molecule has 2 aromatic carbocycles. The van der Waals surface area contributed by atoms with E-state index >= 15 is 0 Å². The van der Waals surface area contributed by atoms with Crippen molar-refractivity contribution in [1.82, 2.24) is 39.0 Å². The second kappa shape index (κ2) is 18.5. The minimum absolute atomic E-state index is 0.262. The molecule has 59 heavy (non-hydrogen) atoms. The van der Waals surface area contributed by atoms with Crippen molar-refractivity contribution in [3.05, 3.63) is 82.9 Å². The quantitative estimate of drug-likeness (QED) is 0.116. The molecule has 4 aliphatic heterocycles. The third-order valence-electron chi connectivity index (χ3n) is 11.9. The number of hydrogen-bond acceptors (Lipinski definition) is 10. The Labute approximate surface area is 353 Å². The number of fused-ring (bicyclic) bond motifs is 2. The van der Waals surface area contributed by atoms with Gasteiger partial charge in [-0.25, -0.2) is 29.9 Å². The Kier molecular flexibility index (Phi) is 12.8. The normalized spacial score (nSPS) is 16.4. The van der Waals surface area contributed by atoms with Gasteiger partial charge in [-0.15, -0.1) is 0 Å². The molecule has 12 nitrogen and oxygen atoms in total. The summed E-state index contributed by atoms with van der Waals surface area (Å²) in [5.74, 6) is 7.30. The van der Waals surface area contributed by atoms with Gasteiger partial charge in [-0.2, -0.15) is 0 Å².